The molecule has 0 heterocycles. The number of halogens is 4. The highest BCUT2D eigenvalue weighted by molar-refractivity contribution is 5.95. The first-order chi connectivity index (χ1) is 21.5. The topological polar surface area (TPSA) is 72.8 Å². The third kappa shape index (κ3) is 10.8. The van der Waals surface area contributed by atoms with E-state index in [1.807, 2.05) is 0 Å². The number of hydrogen-bond acceptors (Lipinski definition) is 4. The molecule has 0 aliphatic heterocycles. The van der Waals surface area contributed by atoms with E-state index in [0.29, 0.717) is 35.5 Å². The summed E-state index contributed by atoms with van der Waals surface area (Å²) in [5.41, 5.74) is 1.15. The van der Waals surface area contributed by atoms with E-state index in [4.69, 9.17) is 9.47 Å². The number of carbonyl (C=O) groups excluding carboxylic acids is 1. The van der Waals surface area contributed by atoms with Crippen molar-refractivity contribution in [1.29, 1.82) is 0 Å². The fraction of sp³-hybridized carbons (Fsp3) is 0.389. The Bertz CT molecular complexity index is 1420. The average Bonchev–Trinajstić information content (AvgIpc) is 3.01. The van der Waals surface area contributed by atoms with E-state index >= 15 is 4.39 Å². The van der Waals surface area contributed by atoms with Crippen LogP contribution in [0.1, 0.15) is 91.8 Å². The van der Waals surface area contributed by atoms with Crippen molar-refractivity contribution in [2.45, 2.75) is 83.4 Å². The molecule has 0 saturated carbocycles. The van der Waals surface area contributed by atoms with Crippen molar-refractivity contribution in [3.63, 3.8) is 0 Å². The maximum Gasteiger partial charge on any atom is 0.425 e. The van der Waals surface area contributed by atoms with E-state index in [0.717, 1.165) is 50.7 Å². The Labute approximate surface area is 261 Å². The van der Waals surface area contributed by atoms with Crippen LogP contribution in [0.15, 0.2) is 73.3 Å². The van der Waals surface area contributed by atoms with Crippen molar-refractivity contribution in [3.8, 4) is 28.0 Å². The summed E-state index contributed by atoms with van der Waals surface area (Å²) >= 11 is 0. The SMILES string of the molecule is C=CCOc1ccc(-c2ccc(C(=O)O)cc2-c2ccc(C(=O)OC(CCCCCCCCCCC)C(F)(F)F)c(F)c2)cc1. The monoisotopic (exact) mass is 628 g/mol. The minimum Gasteiger partial charge on any atom is -0.490 e. The molecular formula is C36H40F4O5. The second kappa shape index (κ2) is 17.4. The summed E-state index contributed by atoms with van der Waals surface area (Å²) in [7, 11) is 0. The minimum absolute atomic E-state index is 0.0481. The maximum absolute atomic E-state index is 15.3. The zero-order valence-corrected chi connectivity index (χ0v) is 25.5. The molecule has 1 unspecified atom stereocenters. The number of ether oxygens (including phenoxy) is 2. The van der Waals surface area contributed by atoms with Crippen molar-refractivity contribution >= 4 is 11.9 Å². The van der Waals surface area contributed by atoms with Crippen LogP contribution in [0.4, 0.5) is 17.6 Å². The van der Waals surface area contributed by atoms with Gasteiger partial charge in [-0.1, -0.05) is 95.2 Å². The summed E-state index contributed by atoms with van der Waals surface area (Å²) in [5, 5.41) is 9.55. The van der Waals surface area contributed by atoms with Crippen LogP contribution in [0.2, 0.25) is 0 Å². The molecule has 1 N–H and O–H groups in total. The van der Waals surface area contributed by atoms with E-state index in [1.54, 1.807) is 36.4 Å². The van der Waals surface area contributed by atoms with Gasteiger partial charge in [0.15, 0.2) is 6.10 Å². The Morgan fingerprint density at radius 1 is 0.844 bits per heavy atom. The van der Waals surface area contributed by atoms with E-state index in [-0.39, 0.29) is 17.5 Å². The van der Waals surface area contributed by atoms with Crippen LogP contribution >= 0.6 is 0 Å². The number of hydrogen-bond donors (Lipinski definition) is 1. The van der Waals surface area contributed by atoms with Crippen LogP contribution in [0.3, 0.4) is 0 Å². The van der Waals surface area contributed by atoms with Gasteiger partial charge in [-0.2, -0.15) is 13.2 Å². The molecular weight excluding hydrogens is 588 g/mol. The molecule has 0 aliphatic rings. The highest BCUT2D eigenvalue weighted by Crippen LogP contribution is 2.35. The largest absolute Gasteiger partial charge is 0.490 e. The van der Waals surface area contributed by atoms with Gasteiger partial charge in [0.05, 0.1) is 11.1 Å². The van der Waals surface area contributed by atoms with Gasteiger partial charge in [0.25, 0.3) is 0 Å². The summed E-state index contributed by atoms with van der Waals surface area (Å²) in [6.45, 7) is 6.05. The van der Waals surface area contributed by atoms with Crippen molar-refractivity contribution in [1.82, 2.24) is 0 Å². The summed E-state index contributed by atoms with van der Waals surface area (Å²) in [4.78, 5) is 24.4. The summed E-state index contributed by atoms with van der Waals surface area (Å²) in [6, 6.07) is 14.7. The molecule has 9 heteroatoms. The lowest BCUT2D eigenvalue weighted by Crippen LogP contribution is -2.34. The molecule has 0 amide bonds. The first-order valence-corrected chi connectivity index (χ1v) is 15.3. The molecule has 45 heavy (non-hydrogen) atoms. The first-order valence-electron chi connectivity index (χ1n) is 15.3. The molecule has 0 aliphatic carbocycles. The van der Waals surface area contributed by atoms with E-state index < -0.39 is 42.0 Å². The molecule has 3 aromatic carbocycles. The maximum atomic E-state index is 15.3. The average molecular weight is 629 g/mol. The van der Waals surface area contributed by atoms with Crippen LogP contribution < -0.4 is 4.74 Å². The zero-order chi connectivity index (χ0) is 32.8. The van der Waals surface area contributed by atoms with Gasteiger partial charge in [-0.3, -0.25) is 0 Å². The Kier molecular flexibility index (Phi) is 13.6. The van der Waals surface area contributed by atoms with Crippen molar-refractivity contribution in [2.24, 2.45) is 0 Å². The van der Waals surface area contributed by atoms with Gasteiger partial charge in [0, 0.05) is 0 Å². The third-order valence-corrected chi connectivity index (χ3v) is 7.48. The van der Waals surface area contributed by atoms with Crippen LogP contribution in [-0.4, -0.2) is 35.9 Å². The molecule has 0 spiro atoms. The molecule has 5 nitrogen and oxygen atoms in total. The highest BCUT2D eigenvalue weighted by Gasteiger charge is 2.42. The number of aromatic carboxylic acids is 1. The van der Waals surface area contributed by atoms with Crippen LogP contribution in [0, 0.1) is 5.82 Å². The van der Waals surface area contributed by atoms with Crippen LogP contribution in [-0.2, 0) is 4.74 Å². The van der Waals surface area contributed by atoms with Gasteiger partial charge in [-0.25, -0.2) is 14.0 Å². The predicted octanol–water partition coefficient (Wildman–Crippen LogP) is 10.4. The zero-order valence-electron chi connectivity index (χ0n) is 25.5. The number of rotatable bonds is 18. The van der Waals surface area contributed by atoms with Crippen molar-refractivity contribution < 1.29 is 41.7 Å². The number of benzene rings is 3. The first kappa shape index (κ1) is 35.3. The number of unbranched alkanes of at least 4 members (excludes halogenated alkanes) is 8. The fourth-order valence-electron chi connectivity index (χ4n) is 5.02. The smallest absolute Gasteiger partial charge is 0.425 e. The molecule has 1 atom stereocenters. The lowest BCUT2D eigenvalue weighted by Gasteiger charge is -2.21. The Morgan fingerprint density at radius 2 is 1.47 bits per heavy atom. The Morgan fingerprint density at radius 3 is 2.04 bits per heavy atom. The second-order valence-corrected chi connectivity index (χ2v) is 10.9. The van der Waals surface area contributed by atoms with Gasteiger partial charge in [0.2, 0.25) is 0 Å². The number of carbonyl (C=O) groups is 2. The normalized spacial score (nSPS) is 12.0. The Balaban J connectivity index is 1.75. The van der Waals surface area contributed by atoms with Crippen LogP contribution in [0.5, 0.6) is 5.75 Å². The molecule has 0 fully saturated rings. The van der Waals surface area contributed by atoms with Crippen molar-refractivity contribution in [2.75, 3.05) is 6.61 Å². The number of alkyl halides is 3. The molecule has 0 saturated heterocycles. The fourth-order valence-corrected chi connectivity index (χ4v) is 5.02. The van der Waals surface area contributed by atoms with Crippen LogP contribution in [0.25, 0.3) is 22.3 Å². The van der Waals surface area contributed by atoms with E-state index in [9.17, 15) is 27.9 Å². The number of carboxylic acids is 1. The van der Waals surface area contributed by atoms with Crippen molar-refractivity contribution in [3.05, 3.63) is 90.3 Å². The number of carboxylic acid groups (broad SMARTS) is 1. The van der Waals surface area contributed by atoms with E-state index in [1.165, 1.54) is 24.6 Å². The molecule has 0 radical (unpaired) electrons. The van der Waals surface area contributed by atoms with Gasteiger partial charge < -0.3 is 14.6 Å². The van der Waals surface area contributed by atoms with E-state index in [2.05, 4.69) is 13.5 Å². The quantitative estimate of drug-likeness (QED) is 0.0657. The summed E-state index contributed by atoms with van der Waals surface area (Å²) in [6.07, 6.45) is 2.31. The Hall–Kier alpha value is -4.14. The predicted molar refractivity (Wildman–Crippen MR) is 167 cm³/mol. The molecule has 3 aromatic rings. The van der Waals surface area contributed by atoms with Gasteiger partial charge >= 0.3 is 18.1 Å². The van der Waals surface area contributed by atoms with Gasteiger partial charge in [-0.15, -0.1) is 0 Å². The minimum atomic E-state index is -4.79. The number of esters is 1. The standard InChI is InChI=1S/C36H40F4O5/c1-3-5-6-7-8-9-10-11-12-13-33(36(38,39)40)45-35(43)30-21-16-26(24-32(30)37)31-23-27(34(41)42)17-20-29(31)25-14-18-28(19-15-25)44-22-4-2/h4,14-21,23-24,33H,2-3,5-13,22H2,1H3,(H,41,42). The molecule has 0 bridgehead atoms. The molecule has 242 valence electrons. The lowest BCUT2D eigenvalue weighted by molar-refractivity contribution is -0.206. The molecule has 3 rings (SSSR count). The molecule has 0 aromatic heterocycles. The summed E-state index contributed by atoms with van der Waals surface area (Å²) < 4.78 is 66.6. The second-order valence-electron chi connectivity index (χ2n) is 10.9. The van der Waals surface area contributed by atoms with Gasteiger partial charge in [0.1, 0.15) is 18.2 Å². The third-order valence-electron chi connectivity index (χ3n) is 7.48. The lowest BCUT2D eigenvalue weighted by atomic mass is 9.92. The summed E-state index contributed by atoms with van der Waals surface area (Å²) in [5.74, 6) is -3.10. The highest BCUT2D eigenvalue weighted by atomic mass is 19.4. The van der Waals surface area contributed by atoms with Gasteiger partial charge in [-0.05, 0) is 71.5 Å².